The zero-order chi connectivity index (χ0) is 14.3. The smallest absolute Gasteiger partial charge is 0.408 e. The highest BCUT2D eigenvalue weighted by Crippen LogP contribution is 2.09. The minimum Gasteiger partial charge on any atom is -0.464 e. The number of carbonyl (C=O) groups excluding carboxylic acids is 2. The molecule has 0 aromatic rings. The molecule has 1 unspecified atom stereocenters. The molecule has 5 heteroatoms. The summed E-state index contributed by atoms with van der Waals surface area (Å²) in [5.41, 5.74) is 0.177. The summed E-state index contributed by atoms with van der Waals surface area (Å²) >= 11 is 0. The van der Waals surface area contributed by atoms with Crippen molar-refractivity contribution in [2.75, 3.05) is 6.61 Å². The molecular formula is C13H23NO4. The number of esters is 1. The maximum Gasteiger partial charge on any atom is 0.408 e. The van der Waals surface area contributed by atoms with Crippen LogP contribution in [0, 0.1) is 0 Å². The van der Waals surface area contributed by atoms with E-state index in [4.69, 9.17) is 9.47 Å². The van der Waals surface area contributed by atoms with Gasteiger partial charge in [-0.15, -0.1) is 6.58 Å². The molecular weight excluding hydrogens is 234 g/mol. The molecule has 104 valence electrons. The number of amides is 1. The number of carbonyl (C=O) groups is 2. The van der Waals surface area contributed by atoms with Crippen molar-refractivity contribution in [3.05, 3.63) is 12.2 Å². The maximum absolute atomic E-state index is 11.6. The largest absolute Gasteiger partial charge is 0.464 e. The van der Waals surface area contributed by atoms with Crippen molar-refractivity contribution in [1.29, 1.82) is 0 Å². The maximum atomic E-state index is 11.6. The standard InChI is InChI=1S/C13H23NO4/c1-7-17-11(15)10(8-9(2)3)14-12(16)18-13(4,5)6/h10H,2,7-8H2,1,3-6H3,(H,14,16). The van der Waals surface area contributed by atoms with Gasteiger partial charge in [-0.25, -0.2) is 9.59 Å². The molecule has 0 rings (SSSR count). The summed E-state index contributed by atoms with van der Waals surface area (Å²) < 4.78 is 9.98. The van der Waals surface area contributed by atoms with Crippen molar-refractivity contribution in [1.82, 2.24) is 5.32 Å². The monoisotopic (exact) mass is 257 g/mol. The molecule has 1 N–H and O–H groups in total. The van der Waals surface area contributed by atoms with E-state index in [0.29, 0.717) is 6.42 Å². The fraction of sp³-hybridized carbons (Fsp3) is 0.692. The Kier molecular flexibility index (Phi) is 6.44. The van der Waals surface area contributed by atoms with Gasteiger partial charge < -0.3 is 14.8 Å². The Morgan fingerprint density at radius 1 is 1.33 bits per heavy atom. The molecule has 0 aromatic carbocycles. The number of hydrogen-bond donors (Lipinski definition) is 1. The molecule has 0 aliphatic carbocycles. The lowest BCUT2D eigenvalue weighted by atomic mass is 10.1. The van der Waals surface area contributed by atoms with E-state index < -0.39 is 23.7 Å². The molecule has 0 aromatic heterocycles. The fourth-order valence-electron chi connectivity index (χ4n) is 1.23. The lowest BCUT2D eigenvalue weighted by Crippen LogP contribution is -2.44. The lowest BCUT2D eigenvalue weighted by molar-refractivity contribution is -0.145. The molecule has 0 heterocycles. The summed E-state index contributed by atoms with van der Waals surface area (Å²) in [6, 6.07) is -0.753. The molecule has 0 saturated heterocycles. The highest BCUT2D eigenvalue weighted by atomic mass is 16.6. The average molecular weight is 257 g/mol. The van der Waals surface area contributed by atoms with Gasteiger partial charge in [-0.1, -0.05) is 5.57 Å². The quantitative estimate of drug-likeness (QED) is 0.606. The minimum atomic E-state index is -0.753. The van der Waals surface area contributed by atoms with E-state index in [9.17, 15) is 9.59 Å². The second kappa shape index (κ2) is 7.03. The van der Waals surface area contributed by atoms with Gasteiger partial charge in [0.15, 0.2) is 0 Å². The summed E-state index contributed by atoms with van der Waals surface area (Å²) in [5, 5.41) is 2.49. The first kappa shape index (κ1) is 16.5. The molecule has 0 spiro atoms. The van der Waals surface area contributed by atoms with Crippen molar-refractivity contribution < 1.29 is 19.1 Å². The van der Waals surface area contributed by atoms with E-state index in [0.717, 1.165) is 5.57 Å². The molecule has 0 saturated carbocycles. The van der Waals surface area contributed by atoms with E-state index in [1.54, 1.807) is 34.6 Å². The molecule has 18 heavy (non-hydrogen) atoms. The van der Waals surface area contributed by atoms with Gasteiger partial charge in [0, 0.05) is 0 Å². The molecule has 0 aliphatic rings. The minimum absolute atomic E-state index is 0.265. The summed E-state index contributed by atoms with van der Waals surface area (Å²) in [4.78, 5) is 23.2. The van der Waals surface area contributed by atoms with E-state index in [1.165, 1.54) is 0 Å². The van der Waals surface area contributed by atoms with Crippen molar-refractivity contribution >= 4 is 12.1 Å². The summed E-state index contributed by atoms with van der Waals surface area (Å²) in [7, 11) is 0. The Balaban J connectivity index is 4.54. The number of ether oxygens (including phenoxy) is 2. The molecule has 0 aliphatic heterocycles. The first-order valence-corrected chi connectivity index (χ1v) is 5.96. The Hall–Kier alpha value is -1.52. The zero-order valence-corrected chi connectivity index (χ0v) is 11.8. The van der Waals surface area contributed by atoms with Crippen molar-refractivity contribution in [2.24, 2.45) is 0 Å². The van der Waals surface area contributed by atoms with Crippen LogP contribution in [0.2, 0.25) is 0 Å². The molecule has 0 bridgehead atoms. The number of alkyl carbamates (subject to hydrolysis) is 1. The van der Waals surface area contributed by atoms with Gasteiger partial charge in [-0.05, 0) is 41.0 Å². The van der Waals surface area contributed by atoms with Crippen LogP contribution in [0.25, 0.3) is 0 Å². The van der Waals surface area contributed by atoms with Gasteiger partial charge in [-0.2, -0.15) is 0 Å². The Morgan fingerprint density at radius 3 is 2.28 bits per heavy atom. The van der Waals surface area contributed by atoms with Crippen molar-refractivity contribution in [3.8, 4) is 0 Å². The van der Waals surface area contributed by atoms with E-state index in [1.807, 2.05) is 0 Å². The van der Waals surface area contributed by atoms with Crippen LogP contribution in [0.5, 0.6) is 0 Å². The SMILES string of the molecule is C=C(C)CC(NC(=O)OC(C)(C)C)C(=O)OCC. The fourth-order valence-corrected chi connectivity index (χ4v) is 1.23. The number of nitrogens with one attached hydrogen (secondary N) is 1. The zero-order valence-electron chi connectivity index (χ0n) is 11.8. The lowest BCUT2D eigenvalue weighted by Gasteiger charge is -2.22. The Bertz CT molecular complexity index is 317. The first-order chi connectivity index (χ1) is 8.15. The van der Waals surface area contributed by atoms with Crippen LogP contribution in [0.4, 0.5) is 4.79 Å². The summed E-state index contributed by atoms with van der Waals surface area (Å²) in [6.07, 6.45) is -0.306. The summed E-state index contributed by atoms with van der Waals surface area (Å²) in [6.45, 7) is 12.7. The normalized spacial score (nSPS) is 12.5. The average Bonchev–Trinajstić information content (AvgIpc) is 2.13. The van der Waals surface area contributed by atoms with Crippen LogP contribution in [0.1, 0.15) is 41.0 Å². The predicted octanol–water partition coefficient (Wildman–Crippen LogP) is 2.41. The van der Waals surface area contributed by atoms with E-state index >= 15 is 0 Å². The van der Waals surface area contributed by atoms with Gasteiger partial charge >= 0.3 is 12.1 Å². The highest BCUT2D eigenvalue weighted by molar-refractivity contribution is 5.81. The third kappa shape index (κ3) is 7.70. The van der Waals surface area contributed by atoms with Crippen LogP contribution in [-0.4, -0.2) is 30.3 Å². The van der Waals surface area contributed by atoms with Crippen molar-refractivity contribution in [2.45, 2.75) is 52.7 Å². The van der Waals surface area contributed by atoms with E-state index in [2.05, 4.69) is 11.9 Å². The van der Waals surface area contributed by atoms with Crippen LogP contribution in [0.3, 0.4) is 0 Å². The van der Waals surface area contributed by atoms with Gasteiger partial charge in [0.2, 0.25) is 0 Å². The molecule has 0 radical (unpaired) electrons. The van der Waals surface area contributed by atoms with Crippen molar-refractivity contribution in [3.63, 3.8) is 0 Å². The van der Waals surface area contributed by atoms with Crippen LogP contribution < -0.4 is 5.32 Å². The second-order valence-corrected chi connectivity index (χ2v) is 5.11. The van der Waals surface area contributed by atoms with Gasteiger partial charge in [-0.3, -0.25) is 0 Å². The van der Waals surface area contributed by atoms with E-state index in [-0.39, 0.29) is 6.61 Å². The topological polar surface area (TPSA) is 64.6 Å². The molecule has 5 nitrogen and oxygen atoms in total. The predicted molar refractivity (Wildman–Crippen MR) is 69.2 cm³/mol. The molecule has 0 fully saturated rings. The second-order valence-electron chi connectivity index (χ2n) is 5.11. The highest BCUT2D eigenvalue weighted by Gasteiger charge is 2.25. The van der Waals surface area contributed by atoms with Gasteiger partial charge in [0.05, 0.1) is 6.61 Å². The third-order valence-corrected chi connectivity index (χ3v) is 1.81. The Labute approximate surface area is 109 Å². The third-order valence-electron chi connectivity index (χ3n) is 1.81. The molecule has 1 amide bonds. The number of rotatable bonds is 5. The van der Waals surface area contributed by atoms with Gasteiger partial charge in [0.25, 0.3) is 0 Å². The van der Waals surface area contributed by atoms with Crippen LogP contribution in [-0.2, 0) is 14.3 Å². The van der Waals surface area contributed by atoms with Crippen LogP contribution in [0.15, 0.2) is 12.2 Å². The molecule has 1 atom stereocenters. The Morgan fingerprint density at radius 2 is 1.89 bits per heavy atom. The first-order valence-electron chi connectivity index (χ1n) is 5.96. The number of hydrogen-bond acceptors (Lipinski definition) is 4. The van der Waals surface area contributed by atoms with Crippen LogP contribution >= 0.6 is 0 Å². The van der Waals surface area contributed by atoms with Gasteiger partial charge in [0.1, 0.15) is 11.6 Å². The summed E-state index contributed by atoms with van der Waals surface area (Å²) in [5.74, 6) is -0.480.